The van der Waals surface area contributed by atoms with Gasteiger partial charge < -0.3 is 10.2 Å². The molecule has 25 heavy (non-hydrogen) atoms. The van der Waals surface area contributed by atoms with Crippen LogP contribution < -0.4 is 10.0 Å². The number of nitrogens with zero attached hydrogens (tertiary/aromatic N) is 2. The van der Waals surface area contributed by atoms with E-state index >= 15 is 0 Å². The molecule has 0 bridgehead atoms. The largest absolute Gasteiger partial charge is 0.357 e. The number of benzene rings is 1. The Bertz CT molecular complexity index is 663. The molecule has 0 aliphatic rings. The van der Waals surface area contributed by atoms with Gasteiger partial charge in [0.15, 0.2) is 5.96 Å². The molecular weight excluding hydrogens is 458 g/mol. The van der Waals surface area contributed by atoms with E-state index in [1.807, 2.05) is 18.9 Å². The van der Waals surface area contributed by atoms with E-state index in [4.69, 9.17) is 0 Å². The molecule has 0 fully saturated rings. The van der Waals surface area contributed by atoms with Gasteiger partial charge in [-0.15, -0.1) is 24.0 Å². The van der Waals surface area contributed by atoms with Crippen LogP contribution in [0.1, 0.15) is 26.3 Å². The van der Waals surface area contributed by atoms with Gasteiger partial charge in [-0.3, -0.25) is 4.99 Å². The van der Waals surface area contributed by atoms with Crippen LogP contribution in [0, 0.1) is 5.82 Å². The molecule has 0 spiro atoms. The standard InChI is InChI=1S/C16H27FN4O2S.HI/c1-6-18-15(19-12-16(2,3)20-24(5,22)23)21(4)11-13-7-9-14(17)10-8-13;/h7-10,20H,6,11-12H2,1-5H3,(H,18,19);1H. The highest BCUT2D eigenvalue weighted by Gasteiger charge is 2.22. The molecule has 1 rings (SSSR count). The summed E-state index contributed by atoms with van der Waals surface area (Å²) in [6, 6.07) is 6.30. The van der Waals surface area contributed by atoms with E-state index in [0.717, 1.165) is 11.8 Å². The topological polar surface area (TPSA) is 73.8 Å². The number of hydrogen-bond acceptors (Lipinski definition) is 3. The van der Waals surface area contributed by atoms with Gasteiger partial charge in [0.05, 0.1) is 12.8 Å². The molecule has 9 heteroatoms. The zero-order chi connectivity index (χ0) is 18.4. The van der Waals surface area contributed by atoms with E-state index in [-0.39, 0.29) is 36.3 Å². The second-order valence-corrected chi connectivity index (χ2v) is 8.16. The summed E-state index contributed by atoms with van der Waals surface area (Å²) >= 11 is 0. The molecule has 0 aliphatic carbocycles. The van der Waals surface area contributed by atoms with Gasteiger partial charge in [0.2, 0.25) is 10.0 Å². The Morgan fingerprint density at radius 1 is 1.28 bits per heavy atom. The van der Waals surface area contributed by atoms with Gasteiger partial charge in [-0.05, 0) is 38.5 Å². The fourth-order valence-electron chi connectivity index (χ4n) is 2.21. The molecular formula is C16H28FIN4O2S. The third-order valence-electron chi connectivity index (χ3n) is 3.12. The van der Waals surface area contributed by atoms with E-state index in [1.54, 1.807) is 26.0 Å². The summed E-state index contributed by atoms with van der Waals surface area (Å²) in [6.45, 7) is 7.05. The third-order valence-corrected chi connectivity index (χ3v) is 4.04. The molecule has 6 nitrogen and oxygen atoms in total. The fourth-order valence-corrected chi connectivity index (χ4v) is 3.28. The molecule has 0 unspecified atom stereocenters. The first-order valence-electron chi connectivity index (χ1n) is 7.75. The van der Waals surface area contributed by atoms with Gasteiger partial charge in [-0.25, -0.2) is 17.5 Å². The molecule has 0 saturated heterocycles. The molecule has 1 aromatic rings. The van der Waals surface area contributed by atoms with Crippen molar-refractivity contribution in [2.24, 2.45) is 4.99 Å². The Morgan fingerprint density at radius 2 is 1.84 bits per heavy atom. The van der Waals surface area contributed by atoms with Crippen molar-refractivity contribution >= 4 is 40.0 Å². The lowest BCUT2D eigenvalue weighted by Crippen LogP contribution is -2.46. The minimum atomic E-state index is -3.30. The van der Waals surface area contributed by atoms with Crippen molar-refractivity contribution in [3.05, 3.63) is 35.6 Å². The van der Waals surface area contributed by atoms with Crippen molar-refractivity contribution in [3.63, 3.8) is 0 Å². The third kappa shape index (κ3) is 9.95. The van der Waals surface area contributed by atoms with Crippen LogP contribution in [0.15, 0.2) is 29.3 Å². The summed E-state index contributed by atoms with van der Waals surface area (Å²) < 4.78 is 38.4. The van der Waals surface area contributed by atoms with E-state index in [0.29, 0.717) is 19.0 Å². The van der Waals surface area contributed by atoms with E-state index < -0.39 is 15.6 Å². The quantitative estimate of drug-likeness (QED) is 0.352. The zero-order valence-electron chi connectivity index (χ0n) is 15.3. The number of nitrogens with one attached hydrogen (secondary N) is 2. The van der Waals surface area contributed by atoms with E-state index in [9.17, 15) is 12.8 Å². The molecule has 0 aliphatic heterocycles. The molecule has 0 heterocycles. The predicted octanol–water partition coefficient (Wildman–Crippen LogP) is 2.17. The van der Waals surface area contributed by atoms with Crippen LogP contribution >= 0.6 is 24.0 Å². The molecule has 0 saturated carbocycles. The van der Waals surface area contributed by atoms with Crippen LogP contribution in [-0.4, -0.2) is 51.2 Å². The highest BCUT2D eigenvalue weighted by atomic mass is 127. The second kappa shape index (κ2) is 10.3. The van der Waals surface area contributed by atoms with Crippen molar-refractivity contribution in [1.29, 1.82) is 0 Å². The van der Waals surface area contributed by atoms with Gasteiger partial charge in [0.1, 0.15) is 5.82 Å². The average molecular weight is 486 g/mol. The fraction of sp³-hybridized carbons (Fsp3) is 0.562. The monoisotopic (exact) mass is 486 g/mol. The molecule has 0 radical (unpaired) electrons. The lowest BCUT2D eigenvalue weighted by molar-refractivity contribution is 0.446. The summed E-state index contributed by atoms with van der Waals surface area (Å²) in [4.78, 5) is 6.42. The Morgan fingerprint density at radius 3 is 2.32 bits per heavy atom. The van der Waals surface area contributed by atoms with Crippen LogP contribution in [0.25, 0.3) is 0 Å². The first-order valence-corrected chi connectivity index (χ1v) is 9.64. The lowest BCUT2D eigenvalue weighted by Gasteiger charge is -2.26. The van der Waals surface area contributed by atoms with Gasteiger partial charge >= 0.3 is 0 Å². The molecule has 0 aromatic heterocycles. The Kier molecular flexibility index (Phi) is 9.88. The average Bonchev–Trinajstić information content (AvgIpc) is 2.43. The molecule has 1 aromatic carbocycles. The molecule has 144 valence electrons. The van der Waals surface area contributed by atoms with E-state index in [2.05, 4.69) is 15.0 Å². The van der Waals surface area contributed by atoms with Gasteiger partial charge in [0.25, 0.3) is 0 Å². The minimum Gasteiger partial charge on any atom is -0.357 e. The van der Waals surface area contributed by atoms with Crippen LogP contribution in [-0.2, 0) is 16.6 Å². The highest BCUT2D eigenvalue weighted by Crippen LogP contribution is 2.08. The van der Waals surface area contributed by atoms with Gasteiger partial charge in [-0.1, -0.05) is 12.1 Å². The molecule has 0 amide bonds. The molecule has 2 N–H and O–H groups in total. The second-order valence-electron chi connectivity index (χ2n) is 6.41. The Hall–Kier alpha value is -0.940. The van der Waals surface area contributed by atoms with Gasteiger partial charge in [0, 0.05) is 25.7 Å². The molecule has 0 atom stereocenters. The maximum Gasteiger partial charge on any atom is 0.209 e. The summed E-state index contributed by atoms with van der Waals surface area (Å²) in [7, 11) is -1.43. The summed E-state index contributed by atoms with van der Waals surface area (Å²) in [5.41, 5.74) is 0.267. The normalized spacial score (nSPS) is 12.5. The van der Waals surface area contributed by atoms with Gasteiger partial charge in [-0.2, -0.15) is 0 Å². The predicted molar refractivity (Wildman–Crippen MR) is 111 cm³/mol. The lowest BCUT2D eigenvalue weighted by atomic mass is 10.1. The van der Waals surface area contributed by atoms with Crippen molar-refractivity contribution in [1.82, 2.24) is 14.9 Å². The first-order chi connectivity index (χ1) is 11.0. The van der Waals surface area contributed by atoms with Crippen LogP contribution in [0.2, 0.25) is 0 Å². The number of sulfonamides is 1. The Labute approximate surface area is 167 Å². The zero-order valence-corrected chi connectivity index (χ0v) is 18.5. The maximum atomic E-state index is 13.0. The van der Waals surface area contributed by atoms with Crippen LogP contribution in [0.4, 0.5) is 4.39 Å². The maximum absolute atomic E-state index is 13.0. The highest BCUT2D eigenvalue weighted by molar-refractivity contribution is 14.0. The SMILES string of the molecule is CCNC(=NCC(C)(C)NS(C)(=O)=O)N(C)Cc1ccc(F)cc1.I. The number of hydrogen-bond donors (Lipinski definition) is 2. The number of aliphatic imine (C=N–C) groups is 1. The van der Waals surface area contributed by atoms with Crippen LogP contribution in [0.3, 0.4) is 0 Å². The van der Waals surface area contributed by atoms with Crippen molar-refractivity contribution in [2.75, 3.05) is 26.4 Å². The number of rotatable bonds is 7. The summed E-state index contributed by atoms with van der Waals surface area (Å²) in [6.07, 6.45) is 1.13. The van der Waals surface area contributed by atoms with Crippen molar-refractivity contribution in [3.8, 4) is 0 Å². The summed E-state index contributed by atoms with van der Waals surface area (Å²) in [5.74, 6) is 0.390. The first kappa shape index (κ1) is 24.1. The van der Waals surface area contributed by atoms with Crippen LogP contribution in [0.5, 0.6) is 0 Å². The number of guanidine groups is 1. The number of halogens is 2. The van der Waals surface area contributed by atoms with Crippen molar-refractivity contribution < 1.29 is 12.8 Å². The summed E-state index contributed by atoms with van der Waals surface area (Å²) in [5, 5.41) is 3.17. The van der Waals surface area contributed by atoms with Crippen molar-refractivity contribution in [2.45, 2.75) is 32.9 Å². The smallest absolute Gasteiger partial charge is 0.209 e. The van der Waals surface area contributed by atoms with E-state index in [1.165, 1.54) is 12.1 Å². The Balaban J connectivity index is 0.00000576. The minimum absolute atomic E-state index is 0.